The minimum atomic E-state index is 0.530. The minimum Gasteiger partial charge on any atom is -0.341 e. The van der Waals surface area contributed by atoms with Crippen molar-refractivity contribution in [2.24, 2.45) is 0 Å². The van der Waals surface area contributed by atoms with E-state index < -0.39 is 0 Å². The summed E-state index contributed by atoms with van der Waals surface area (Å²) in [5, 5.41) is 3.47. The molecule has 2 heterocycles. The van der Waals surface area contributed by atoms with Crippen molar-refractivity contribution in [3.63, 3.8) is 0 Å². The molecule has 4 nitrogen and oxygen atoms in total. The Morgan fingerprint density at radius 3 is 2.10 bits per heavy atom. The molecule has 1 N–H and O–H groups in total. The molecule has 0 amide bonds. The summed E-state index contributed by atoms with van der Waals surface area (Å²) in [6, 6.07) is 0.530. The normalized spacial score (nSPS) is 16.3. The predicted molar refractivity (Wildman–Crippen MR) is 89.0 cm³/mol. The smallest absolute Gasteiger partial charge is 0.225 e. The Labute approximate surface area is 129 Å². The predicted octanol–water partition coefficient (Wildman–Crippen LogP) is 3.01. The van der Waals surface area contributed by atoms with E-state index in [4.69, 9.17) is 9.97 Å². The highest BCUT2D eigenvalue weighted by Crippen LogP contribution is 2.19. The van der Waals surface area contributed by atoms with Crippen LogP contribution in [0.2, 0.25) is 0 Å². The van der Waals surface area contributed by atoms with E-state index in [0.29, 0.717) is 6.04 Å². The van der Waals surface area contributed by atoms with E-state index in [0.717, 1.165) is 43.4 Å². The SMILES string of the molecule is Cc1nc(N2CCCCCC2)nc(C)c1CCNC(C)C. The Bertz CT molecular complexity index is 425. The fourth-order valence-corrected chi connectivity index (χ4v) is 2.98. The van der Waals surface area contributed by atoms with Crippen LogP contribution in [0.4, 0.5) is 5.95 Å². The molecule has 1 aromatic rings. The summed E-state index contributed by atoms with van der Waals surface area (Å²) < 4.78 is 0. The Balaban J connectivity index is 2.08. The van der Waals surface area contributed by atoms with E-state index in [-0.39, 0.29) is 0 Å². The molecule has 1 aliphatic rings. The lowest BCUT2D eigenvalue weighted by Crippen LogP contribution is -2.28. The first kappa shape index (κ1) is 16.2. The first-order valence-electron chi connectivity index (χ1n) is 8.40. The molecule has 2 rings (SSSR count). The monoisotopic (exact) mass is 290 g/mol. The van der Waals surface area contributed by atoms with Crippen LogP contribution in [-0.2, 0) is 6.42 Å². The van der Waals surface area contributed by atoms with Gasteiger partial charge in [0.05, 0.1) is 0 Å². The average molecular weight is 290 g/mol. The number of hydrogen-bond acceptors (Lipinski definition) is 4. The molecule has 0 atom stereocenters. The molecule has 0 aliphatic carbocycles. The topological polar surface area (TPSA) is 41.1 Å². The molecule has 0 bridgehead atoms. The van der Waals surface area contributed by atoms with Crippen molar-refractivity contribution in [3.8, 4) is 0 Å². The van der Waals surface area contributed by atoms with E-state index in [1.54, 1.807) is 0 Å². The summed E-state index contributed by atoms with van der Waals surface area (Å²) in [6.07, 6.45) is 6.22. The summed E-state index contributed by atoms with van der Waals surface area (Å²) in [6.45, 7) is 11.8. The first-order valence-corrected chi connectivity index (χ1v) is 8.40. The van der Waals surface area contributed by atoms with Gasteiger partial charge < -0.3 is 10.2 Å². The first-order chi connectivity index (χ1) is 10.1. The third kappa shape index (κ3) is 4.67. The van der Waals surface area contributed by atoms with Crippen LogP contribution in [0.3, 0.4) is 0 Å². The van der Waals surface area contributed by atoms with Crippen molar-refractivity contribution in [3.05, 3.63) is 17.0 Å². The van der Waals surface area contributed by atoms with Gasteiger partial charge in [-0.3, -0.25) is 0 Å². The molecular weight excluding hydrogens is 260 g/mol. The summed E-state index contributed by atoms with van der Waals surface area (Å²) in [5.74, 6) is 0.937. The lowest BCUT2D eigenvalue weighted by atomic mass is 10.1. The van der Waals surface area contributed by atoms with Crippen molar-refractivity contribution < 1.29 is 0 Å². The molecule has 0 spiro atoms. The van der Waals surface area contributed by atoms with Crippen molar-refractivity contribution in [2.45, 2.75) is 65.8 Å². The maximum absolute atomic E-state index is 4.78. The molecule has 4 heteroatoms. The molecule has 1 fully saturated rings. The average Bonchev–Trinajstić information content (AvgIpc) is 2.70. The zero-order valence-corrected chi connectivity index (χ0v) is 14.1. The number of hydrogen-bond donors (Lipinski definition) is 1. The summed E-state index contributed by atoms with van der Waals surface area (Å²) in [5.41, 5.74) is 3.60. The van der Waals surface area contributed by atoms with Crippen molar-refractivity contribution >= 4 is 5.95 Å². The van der Waals surface area contributed by atoms with Gasteiger partial charge in [0.15, 0.2) is 0 Å². The van der Waals surface area contributed by atoms with Gasteiger partial charge in [0.25, 0.3) is 0 Å². The zero-order valence-electron chi connectivity index (χ0n) is 14.1. The summed E-state index contributed by atoms with van der Waals surface area (Å²) >= 11 is 0. The van der Waals surface area contributed by atoms with E-state index >= 15 is 0 Å². The summed E-state index contributed by atoms with van der Waals surface area (Å²) in [7, 11) is 0. The van der Waals surface area contributed by atoms with E-state index in [1.165, 1.54) is 31.2 Å². The molecule has 21 heavy (non-hydrogen) atoms. The van der Waals surface area contributed by atoms with Crippen LogP contribution in [0, 0.1) is 13.8 Å². The van der Waals surface area contributed by atoms with Crippen molar-refractivity contribution in [1.82, 2.24) is 15.3 Å². The van der Waals surface area contributed by atoms with Crippen LogP contribution in [-0.4, -0.2) is 35.6 Å². The molecule has 0 radical (unpaired) electrons. The molecule has 1 saturated heterocycles. The molecule has 1 aromatic heterocycles. The Kier molecular flexibility index (Phi) is 5.97. The van der Waals surface area contributed by atoms with Gasteiger partial charge in [-0.25, -0.2) is 9.97 Å². The fraction of sp³-hybridized carbons (Fsp3) is 0.765. The van der Waals surface area contributed by atoms with Gasteiger partial charge in [0.1, 0.15) is 0 Å². The van der Waals surface area contributed by atoms with Crippen LogP contribution in [0.25, 0.3) is 0 Å². The van der Waals surface area contributed by atoms with E-state index in [9.17, 15) is 0 Å². The number of rotatable bonds is 5. The molecule has 1 aliphatic heterocycles. The van der Waals surface area contributed by atoms with Crippen LogP contribution < -0.4 is 10.2 Å². The lowest BCUT2D eigenvalue weighted by molar-refractivity contribution is 0.587. The van der Waals surface area contributed by atoms with Crippen molar-refractivity contribution in [2.75, 3.05) is 24.5 Å². The number of aromatic nitrogens is 2. The summed E-state index contributed by atoms with van der Waals surface area (Å²) in [4.78, 5) is 11.9. The molecule has 118 valence electrons. The van der Waals surface area contributed by atoms with Crippen LogP contribution in [0.5, 0.6) is 0 Å². The fourth-order valence-electron chi connectivity index (χ4n) is 2.98. The van der Waals surface area contributed by atoms with Crippen LogP contribution >= 0.6 is 0 Å². The lowest BCUT2D eigenvalue weighted by Gasteiger charge is -2.22. The van der Waals surface area contributed by atoms with Gasteiger partial charge in [0.2, 0.25) is 5.95 Å². The van der Waals surface area contributed by atoms with E-state index in [2.05, 4.69) is 37.9 Å². The molecule has 0 aromatic carbocycles. The van der Waals surface area contributed by atoms with Gasteiger partial charge in [-0.05, 0) is 45.2 Å². The molecular formula is C17H30N4. The van der Waals surface area contributed by atoms with E-state index in [1.807, 2.05) is 0 Å². The molecule has 0 unspecified atom stereocenters. The Morgan fingerprint density at radius 1 is 1.00 bits per heavy atom. The van der Waals surface area contributed by atoms with Crippen LogP contribution in [0.1, 0.15) is 56.5 Å². The van der Waals surface area contributed by atoms with Gasteiger partial charge in [-0.15, -0.1) is 0 Å². The second kappa shape index (κ2) is 7.74. The Hall–Kier alpha value is -1.16. The number of aryl methyl sites for hydroxylation is 2. The zero-order chi connectivity index (χ0) is 15.2. The second-order valence-electron chi connectivity index (χ2n) is 6.43. The minimum absolute atomic E-state index is 0.530. The van der Waals surface area contributed by atoms with Gasteiger partial charge in [0, 0.05) is 30.5 Å². The Morgan fingerprint density at radius 2 is 1.57 bits per heavy atom. The quantitative estimate of drug-likeness (QED) is 0.905. The highest BCUT2D eigenvalue weighted by atomic mass is 15.2. The maximum Gasteiger partial charge on any atom is 0.225 e. The van der Waals surface area contributed by atoms with Crippen molar-refractivity contribution in [1.29, 1.82) is 0 Å². The highest BCUT2D eigenvalue weighted by molar-refractivity contribution is 5.36. The van der Waals surface area contributed by atoms with Gasteiger partial charge in [-0.2, -0.15) is 0 Å². The largest absolute Gasteiger partial charge is 0.341 e. The second-order valence-corrected chi connectivity index (χ2v) is 6.43. The highest BCUT2D eigenvalue weighted by Gasteiger charge is 2.15. The third-order valence-corrected chi connectivity index (χ3v) is 4.23. The molecule has 0 saturated carbocycles. The number of nitrogens with zero attached hydrogens (tertiary/aromatic N) is 3. The van der Waals surface area contributed by atoms with Gasteiger partial charge in [-0.1, -0.05) is 26.7 Å². The standard InChI is InChI=1S/C17H30N4/c1-13(2)18-10-9-16-14(3)19-17(20-15(16)4)21-11-7-5-6-8-12-21/h13,18H,5-12H2,1-4H3. The number of nitrogens with one attached hydrogen (secondary N) is 1. The number of anilines is 1. The van der Waals surface area contributed by atoms with Crippen LogP contribution in [0.15, 0.2) is 0 Å². The van der Waals surface area contributed by atoms with Gasteiger partial charge >= 0.3 is 0 Å². The third-order valence-electron chi connectivity index (χ3n) is 4.23. The maximum atomic E-state index is 4.78.